The van der Waals surface area contributed by atoms with E-state index in [1.165, 1.54) is 0 Å². The molecule has 1 aliphatic carbocycles. The first-order chi connectivity index (χ1) is 9.58. The summed E-state index contributed by atoms with van der Waals surface area (Å²) in [6.07, 6.45) is 0. The Bertz CT molecular complexity index is 583. The number of aliphatic carboxylic acids is 1. The number of rotatable bonds is 3. The van der Waals surface area contributed by atoms with Gasteiger partial charge in [-0.3, -0.25) is 4.79 Å². The normalized spacial score (nSPS) is 24.4. The highest BCUT2D eigenvalue weighted by Crippen LogP contribution is 2.60. The predicted molar refractivity (Wildman–Crippen MR) is 79.5 cm³/mol. The molecule has 0 aromatic heterocycles. The van der Waals surface area contributed by atoms with Crippen LogP contribution in [0.4, 0.5) is 0 Å². The number of halogens is 2. The van der Waals surface area contributed by atoms with E-state index in [1.807, 2.05) is 24.3 Å². The average Bonchev–Trinajstić information content (AvgIpc) is 3.16. The molecule has 4 heteroatoms. The Labute approximate surface area is 127 Å². The lowest BCUT2D eigenvalue weighted by molar-refractivity contribution is -0.138. The van der Waals surface area contributed by atoms with Gasteiger partial charge in [-0.2, -0.15) is 0 Å². The number of hydrogen-bond acceptors (Lipinski definition) is 1. The van der Waals surface area contributed by atoms with Crippen LogP contribution in [0.1, 0.15) is 23.0 Å². The van der Waals surface area contributed by atoms with E-state index in [2.05, 4.69) is 0 Å². The minimum absolute atomic E-state index is 0.00550. The molecule has 0 unspecified atom stereocenters. The molecule has 1 N–H and O–H groups in total. The van der Waals surface area contributed by atoms with Crippen molar-refractivity contribution in [3.05, 3.63) is 69.7 Å². The maximum Gasteiger partial charge on any atom is 0.307 e. The number of carbonyl (C=O) groups is 1. The zero-order valence-corrected chi connectivity index (χ0v) is 12.0. The lowest BCUT2D eigenvalue weighted by Crippen LogP contribution is -2.00. The van der Waals surface area contributed by atoms with E-state index < -0.39 is 5.97 Å². The van der Waals surface area contributed by atoms with Crippen LogP contribution in [-0.2, 0) is 4.79 Å². The zero-order valence-electron chi connectivity index (χ0n) is 10.5. The van der Waals surface area contributed by atoms with Gasteiger partial charge in [-0.15, -0.1) is 0 Å². The van der Waals surface area contributed by atoms with Gasteiger partial charge < -0.3 is 5.11 Å². The molecule has 3 rings (SSSR count). The quantitative estimate of drug-likeness (QED) is 0.901. The molecule has 2 atom stereocenters. The standard InChI is InChI=1S/C16H12Cl2O2/c17-11-5-1-9(2-6-11)13-14(15(13)16(19)20)10-3-7-12(18)8-4-10/h1-8,13-15H,(H,19,20)/t13-,14-/m0/s1. The largest absolute Gasteiger partial charge is 0.481 e. The Morgan fingerprint density at radius 3 is 1.45 bits per heavy atom. The number of benzene rings is 2. The van der Waals surface area contributed by atoms with Crippen molar-refractivity contribution in [3.63, 3.8) is 0 Å². The summed E-state index contributed by atoms with van der Waals surface area (Å²) in [6.45, 7) is 0. The second-order valence-corrected chi connectivity index (χ2v) is 5.89. The second kappa shape index (κ2) is 5.12. The fourth-order valence-electron chi connectivity index (χ4n) is 2.82. The van der Waals surface area contributed by atoms with Gasteiger partial charge in [-0.05, 0) is 35.4 Å². The highest BCUT2D eigenvalue weighted by atomic mass is 35.5. The molecule has 0 heterocycles. The first-order valence-electron chi connectivity index (χ1n) is 6.31. The number of hydrogen-bond donors (Lipinski definition) is 1. The molecule has 1 saturated carbocycles. The Morgan fingerprint density at radius 2 is 1.15 bits per heavy atom. The predicted octanol–water partition coefficient (Wildman–Crippen LogP) is 4.58. The van der Waals surface area contributed by atoms with E-state index in [4.69, 9.17) is 23.2 Å². The van der Waals surface area contributed by atoms with Crippen molar-refractivity contribution >= 4 is 29.2 Å². The van der Waals surface area contributed by atoms with Crippen LogP contribution in [0.25, 0.3) is 0 Å². The lowest BCUT2D eigenvalue weighted by Gasteiger charge is -2.01. The van der Waals surface area contributed by atoms with Crippen LogP contribution in [-0.4, -0.2) is 11.1 Å². The van der Waals surface area contributed by atoms with Crippen LogP contribution in [0.3, 0.4) is 0 Å². The summed E-state index contributed by atoms with van der Waals surface area (Å²) in [6, 6.07) is 14.8. The molecule has 0 amide bonds. The molecule has 0 saturated heterocycles. The summed E-state index contributed by atoms with van der Waals surface area (Å²) in [5, 5.41) is 10.7. The van der Waals surface area contributed by atoms with E-state index in [1.54, 1.807) is 24.3 Å². The molecule has 2 aromatic carbocycles. The van der Waals surface area contributed by atoms with Crippen molar-refractivity contribution in [2.45, 2.75) is 11.8 Å². The Kier molecular flexibility index (Phi) is 3.45. The summed E-state index contributed by atoms with van der Waals surface area (Å²) in [4.78, 5) is 11.4. The van der Waals surface area contributed by atoms with Crippen molar-refractivity contribution in [3.8, 4) is 0 Å². The van der Waals surface area contributed by atoms with Crippen LogP contribution in [0.5, 0.6) is 0 Å². The maximum absolute atomic E-state index is 11.4. The highest BCUT2D eigenvalue weighted by Gasteiger charge is 2.56. The van der Waals surface area contributed by atoms with Gasteiger partial charge in [0, 0.05) is 21.9 Å². The minimum Gasteiger partial charge on any atom is -0.481 e. The third kappa shape index (κ3) is 2.41. The minimum atomic E-state index is -0.759. The van der Waals surface area contributed by atoms with Crippen molar-refractivity contribution in [1.82, 2.24) is 0 Å². The molecular weight excluding hydrogens is 295 g/mol. The van der Waals surface area contributed by atoms with Crippen molar-refractivity contribution in [2.75, 3.05) is 0 Å². The number of carboxylic acids is 1. The Morgan fingerprint density at radius 1 is 0.800 bits per heavy atom. The zero-order chi connectivity index (χ0) is 14.3. The summed E-state index contributed by atoms with van der Waals surface area (Å²) in [7, 11) is 0. The molecule has 20 heavy (non-hydrogen) atoms. The summed E-state index contributed by atoms with van der Waals surface area (Å²) in [5.74, 6) is -1.13. The SMILES string of the molecule is O=C(O)C1[C@@H](c2ccc(Cl)cc2)[C@@H]1c1ccc(Cl)cc1. The molecule has 1 fully saturated rings. The average molecular weight is 307 g/mol. The summed E-state index contributed by atoms with van der Waals surface area (Å²) in [5.41, 5.74) is 2.03. The van der Waals surface area contributed by atoms with Crippen LogP contribution < -0.4 is 0 Å². The molecule has 0 aliphatic heterocycles. The maximum atomic E-state index is 11.4. The van der Waals surface area contributed by atoms with Crippen molar-refractivity contribution in [2.24, 2.45) is 5.92 Å². The summed E-state index contributed by atoms with van der Waals surface area (Å²) >= 11 is 11.8. The van der Waals surface area contributed by atoms with Gasteiger partial charge >= 0.3 is 5.97 Å². The monoisotopic (exact) mass is 306 g/mol. The third-order valence-electron chi connectivity index (χ3n) is 3.81. The van der Waals surface area contributed by atoms with Gasteiger partial charge in [0.15, 0.2) is 0 Å². The van der Waals surface area contributed by atoms with Gasteiger partial charge in [0.2, 0.25) is 0 Å². The first-order valence-corrected chi connectivity index (χ1v) is 7.07. The smallest absolute Gasteiger partial charge is 0.307 e. The highest BCUT2D eigenvalue weighted by molar-refractivity contribution is 6.30. The van der Waals surface area contributed by atoms with Crippen LogP contribution in [0, 0.1) is 5.92 Å². The fourth-order valence-corrected chi connectivity index (χ4v) is 3.07. The van der Waals surface area contributed by atoms with Gasteiger partial charge in [0.1, 0.15) is 0 Å². The first kappa shape index (κ1) is 13.5. The van der Waals surface area contributed by atoms with Gasteiger partial charge in [0.25, 0.3) is 0 Å². The molecule has 1 aliphatic rings. The molecule has 0 spiro atoms. The van der Waals surface area contributed by atoms with E-state index >= 15 is 0 Å². The van der Waals surface area contributed by atoms with Gasteiger partial charge in [-0.1, -0.05) is 47.5 Å². The lowest BCUT2D eigenvalue weighted by atomic mass is 10.0. The van der Waals surface area contributed by atoms with Crippen molar-refractivity contribution in [1.29, 1.82) is 0 Å². The molecule has 102 valence electrons. The second-order valence-electron chi connectivity index (χ2n) is 5.02. The third-order valence-corrected chi connectivity index (χ3v) is 4.32. The van der Waals surface area contributed by atoms with E-state index in [0.29, 0.717) is 10.0 Å². The summed E-state index contributed by atoms with van der Waals surface area (Å²) < 4.78 is 0. The fraction of sp³-hybridized carbons (Fsp3) is 0.188. The van der Waals surface area contributed by atoms with Gasteiger partial charge in [-0.25, -0.2) is 0 Å². The topological polar surface area (TPSA) is 37.3 Å². The molecule has 0 bridgehead atoms. The van der Waals surface area contributed by atoms with E-state index in [0.717, 1.165) is 11.1 Å². The van der Waals surface area contributed by atoms with Gasteiger partial charge in [0.05, 0.1) is 5.92 Å². The van der Waals surface area contributed by atoms with E-state index in [9.17, 15) is 9.90 Å². The number of carboxylic acid groups (broad SMARTS) is 1. The van der Waals surface area contributed by atoms with Crippen LogP contribution >= 0.6 is 23.2 Å². The van der Waals surface area contributed by atoms with Crippen molar-refractivity contribution < 1.29 is 9.90 Å². The Balaban J connectivity index is 1.92. The molecule has 2 nitrogen and oxygen atoms in total. The molecular formula is C16H12Cl2O2. The molecule has 0 radical (unpaired) electrons. The van der Waals surface area contributed by atoms with E-state index in [-0.39, 0.29) is 17.8 Å². The van der Waals surface area contributed by atoms with Crippen LogP contribution in [0.15, 0.2) is 48.5 Å². The molecule has 2 aromatic rings. The van der Waals surface area contributed by atoms with Crippen LogP contribution in [0.2, 0.25) is 10.0 Å². The Hall–Kier alpha value is -1.51.